The maximum Gasteiger partial charge on any atom is 0.248 e. The number of phenolic OH excluding ortho intramolecular Hbond substituents is 1. The summed E-state index contributed by atoms with van der Waals surface area (Å²) >= 11 is 0. The van der Waals surface area contributed by atoms with E-state index in [-0.39, 0.29) is 30.2 Å². The van der Waals surface area contributed by atoms with E-state index in [4.69, 9.17) is 9.47 Å². The number of hydrazine groups is 1. The molecule has 130 valence electrons. The van der Waals surface area contributed by atoms with Crippen molar-refractivity contribution in [3.63, 3.8) is 0 Å². The van der Waals surface area contributed by atoms with E-state index in [2.05, 4.69) is 5.43 Å². The third-order valence-corrected chi connectivity index (χ3v) is 4.61. The largest absolute Gasteiger partial charge is 0.504 e. The monoisotopic (exact) mass is 335 g/mol. The Morgan fingerprint density at radius 2 is 2.00 bits per heavy atom. The highest BCUT2D eigenvalue weighted by molar-refractivity contribution is 6.07. The van der Waals surface area contributed by atoms with Crippen molar-refractivity contribution in [3.8, 4) is 11.5 Å². The van der Waals surface area contributed by atoms with Gasteiger partial charge in [-0.05, 0) is 17.7 Å². The van der Waals surface area contributed by atoms with E-state index in [0.717, 1.165) is 5.56 Å². The zero-order chi connectivity index (χ0) is 17.4. The van der Waals surface area contributed by atoms with Crippen LogP contribution < -0.4 is 10.2 Å². The van der Waals surface area contributed by atoms with Crippen molar-refractivity contribution < 1.29 is 24.2 Å². The lowest BCUT2D eigenvalue weighted by molar-refractivity contribution is -0.142. The minimum atomic E-state index is -0.542. The highest BCUT2D eigenvalue weighted by Gasteiger charge is 2.57. The Morgan fingerprint density at radius 1 is 1.25 bits per heavy atom. The van der Waals surface area contributed by atoms with Crippen molar-refractivity contribution in [3.05, 3.63) is 23.8 Å². The second-order valence-electron chi connectivity index (χ2n) is 5.94. The fraction of sp³-hybridized carbons (Fsp3) is 0.500. The Morgan fingerprint density at radius 3 is 2.67 bits per heavy atom. The SMILES string of the molecule is COCCN1C(=O)[C@@H]2[C@@H](c3ccc(O)c(OC)c3)NN(C)[C@H]2C1=O. The molecule has 0 saturated carbocycles. The summed E-state index contributed by atoms with van der Waals surface area (Å²) in [4.78, 5) is 26.6. The van der Waals surface area contributed by atoms with Gasteiger partial charge in [-0.3, -0.25) is 14.5 Å². The summed E-state index contributed by atoms with van der Waals surface area (Å²) in [6.45, 7) is 0.562. The van der Waals surface area contributed by atoms with Gasteiger partial charge >= 0.3 is 0 Å². The maximum absolute atomic E-state index is 12.8. The smallest absolute Gasteiger partial charge is 0.248 e. The highest BCUT2D eigenvalue weighted by Crippen LogP contribution is 2.41. The highest BCUT2D eigenvalue weighted by atomic mass is 16.5. The number of rotatable bonds is 5. The molecule has 3 atom stereocenters. The molecule has 2 heterocycles. The molecule has 1 aromatic rings. The number of nitrogens with one attached hydrogen (secondary N) is 1. The van der Waals surface area contributed by atoms with Crippen molar-refractivity contribution in [2.75, 3.05) is 34.4 Å². The first-order chi connectivity index (χ1) is 11.5. The van der Waals surface area contributed by atoms with Gasteiger partial charge in [0, 0.05) is 14.2 Å². The minimum absolute atomic E-state index is 0.0275. The number of hydrogen-bond donors (Lipinski definition) is 2. The first-order valence-corrected chi connectivity index (χ1v) is 7.69. The summed E-state index contributed by atoms with van der Waals surface area (Å²) < 4.78 is 10.1. The molecule has 0 unspecified atom stereocenters. The Hall–Kier alpha value is -2.16. The third-order valence-electron chi connectivity index (χ3n) is 4.61. The zero-order valence-electron chi connectivity index (χ0n) is 13.9. The Balaban J connectivity index is 1.92. The predicted molar refractivity (Wildman–Crippen MR) is 84.2 cm³/mol. The van der Waals surface area contributed by atoms with Crippen LogP contribution in [-0.2, 0) is 14.3 Å². The van der Waals surface area contributed by atoms with E-state index in [9.17, 15) is 14.7 Å². The number of carbonyl (C=O) groups is 2. The Kier molecular flexibility index (Phi) is 4.44. The van der Waals surface area contributed by atoms with Gasteiger partial charge in [0.25, 0.3) is 0 Å². The number of carbonyl (C=O) groups excluding carboxylic acids is 2. The second kappa shape index (κ2) is 6.39. The van der Waals surface area contributed by atoms with Crippen LogP contribution in [0.2, 0.25) is 0 Å². The number of amides is 2. The van der Waals surface area contributed by atoms with Gasteiger partial charge in [0.1, 0.15) is 6.04 Å². The molecule has 0 aromatic heterocycles. The van der Waals surface area contributed by atoms with E-state index >= 15 is 0 Å². The van der Waals surface area contributed by atoms with Crippen LogP contribution >= 0.6 is 0 Å². The van der Waals surface area contributed by atoms with Crippen LogP contribution in [0.4, 0.5) is 0 Å². The molecular weight excluding hydrogens is 314 g/mol. The molecule has 3 rings (SSSR count). The van der Waals surface area contributed by atoms with Crippen LogP contribution in [0.25, 0.3) is 0 Å². The van der Waals surface area contributed by atoms with Gasteiger partial charge in [-0.1, -0.05) is 6.07 Å². The predicted octanol–water partition coefficient (Wildman–Crippen LogP) is -0.108. The second-order valence-corrected chi connectivity index (χ2v) is 5.94. The normalized spacial score (nSPS) is 27.0. The van der Waals surface area contributed by atoms with E-state index in [1.54, 1.807) is 24.2 Å². The molecule has 0 bridgehead atoms. The van der Waals surface area contributed by atoms with E-state index in [0.29, 0.717) is 12.4 Å². The topological polar surface area (TPSA) is 91.3 Å². The van der Waals surface area contributed by atoms with Gasteiger partial charge in [-0.25, -0.2) is 10.4 Å². The molecule has 2 aliphatic rings. The molecule has 2 fully saturated rings. The van der Waals surface area contributed by atoms with Gasteiger partial charge in [-0.2, -0.15) is 0 Å². The summed E-state index contributed by atoms with van der Waals surface area (Å²) in [6.07, 6.45) is 0. The van der Waals surface area contributed by atoms with E-state index < -0.39 is 12.0 Å². The molecule has 2 amide bonds. The lowest BCUT2D eigenvalue weighted by atomic mass is 9.91. The Labute approximate surface area is 139 Å². The molecule has 2 N–H and O–H groups in total. The van der Waals surface area contributed by atoms with Gasteiger partial charge < -0.3 is 14.6 Å². The summed E-state index contributed by atoms with van der Waals surface area (Å²) in [5, 5.41) is 11.4. The number of nitrogens with zero attached hydrogens (tertiary/aromatic N) is 2. The number of hydrogen-bond acceptors (Lipinski definition) is 7. The summed E-state index contributed by atoms with van der Waals surface area (Å²) in [6, 6.07) is 4.02. The third kappa shape index (κ3) is 2.52. The van der Waals surface area contributed by atoms with E-state index in [1.165, 1.54) is 25.2 Å². The molecule has 0 spiro atoms. The van der Waals surface area contributed by atoms with Crippen molar-refractivity contribution in [1.29, 1.82) is 0 Å². The van der Waals surface area contributed by atoms with Crippen LogP contribution in [0.15, 0.2) is 18.2 Å². The standard InChI is InChI=1S/C16H21N3O5/c1-18-14-12(15(21)19(16(14)22)6-7-23-2)13(17-18)9-4-5-10(20)11(8-9)24-3/h4-5,8,12-14,17,20H,6-7H2,1-3H3/t12-,13-,14-/m1/s1. The van der Waals surface area contributed by atoms with Crippen LogP contribution in [0.1, 0.15) is 11.6 Å². The van der Waals surface area contributed by atoms with Gasteiger partial charge in [0.15, 0.2) is 11.5 Å². The number of benzene rings is 1. The molecule has 8 nitrogen and oxygen atoms in total. The fourth-order valence-corrected chi connectivity index (χ4v) is 3.42. The summed E-state index contributed by atoms with van der Waals surface area (Å²) in [5.41, 5.74) is 3.95. The first kappa shape index (κ1) is 16.7. The van der Waals surface area contributed by atoms with Gasteiger partial charge in [0.05, 0.1) is 32.2 Å². The first-order valence-electron chi connectivity index (χ1n) is 7.69. The molecule has 24 heavy (non-hydrogen) atoms. The van der Waals surface area contributed by atoms with Crippen molar-refractivity contribution in [2.24, 2.45) is 5.92 Å². The molecule has 8 heteroatoms. The molecule has 1 aromatic carbocycles. The number of methoxy groups -OCH3 is 2. The number of likely N-dealkylation sites (N-methyl/N-ethyl adjacent to an activating group) is 1. The fourth-order valence-electron chi connectivity index (χ4n) is 3.42. The number of ether oxygens (including phenoxy) is 2. The molecular formula is C16H21N3O5. The van der Waals surface area contributed by atoms with Crippen LogP contribution in [0.5, 0.6) is 11.5 Å². The average Bonchev–Trinajstić information content (AvgIpc) is 3.03. The molecule has 2 aliphatic heterocycles. The summed E-state index contributed by atoms with van der Waals surface area (Å²) in [5.74, 6) is -0.594. The lowest BCUT2D eigenvalue weighted by Crippen LogP contribution is -2.43. The maximum atomic E-state index is 12.8. The van der Waals surface area contributed by atoms with Crippen molar-refractivity contribution in [2.45, 2.75) is 12.1 Å². The van der Waals surface area contributed by atoms with Crippen LogP contribution in [0, 0.1) is 5.92 Å². The number of likely N-dealkylation sites (tertiary alicyclic amines) is 1. The van der Waals surface area contributed by atoms with Gasteiger partial charge in [0.2, 0.25) is 11.8 Å². The minimum Gasteiger partial charge on any atom is -0.504 e. The lowest BCUT2D eigenvalue weighted by Gasteiger charge is -2.22. The van der Waals surface area contributed by atoms with E-state index in [1.807, 2.05) is 0 Å². The zero-order valence-corrected chi connectivity index (χ0v) is 13.9. The molecule has 2 saturated heterocycles. The quantitative estimate of drug-likeness (QED) is 0.726. The number of fused-ring (bicyclic) bond motifs is 1. The Bertz CT molecular complexity index is 665. The van der Waals surface area contributed by atoms with Gasteiger partial charge in [-0.15, -0.1) is 0 Å². The molecule has 0 aliphatic carbocycles. The molecule has 0 radical (unpaired) electrons. The van der Waals surface area contributed by atoms with Crippen molar-refractivity contribution in [1.82, 2.24) is 15.3 Å². The summed E-state index contributed by atoms with van der Waals surface area (Å²) in [7, 11) is 4.75. The van der Waals surface area contributed by atoms with Crippen LogP contribution in [0.3, 0.4) is 0 Å². The number of aromatic hydroxyl groups is 1. The van der Waals surface area contributed by atoms with Crippen molar-refractivity contribution >= 4 is 11.8 Å². The average molecular weight is 335 g/mol. The van der Waals surface area contributed by atoms with Crippen LogP contribution in [-0.4, -0.2) is 67.3 Å². The number of phenols is 1. The number of imide groups is 1.